The summed E-state index contributed by atoms with van der Waals surface area (Å²) in [5.41, 5.74) is 2.36. The van der Waals surface area contributed by atoms with E-state index >= 15 is 0 Å². The maximum absolute atomic E-state index is 12.2. The highest BCUT2D eigenvalue weighted by Gasteiger charge is 2.07. The lowest BCUT2D eigenvalue weighted by atomic mass is 10.2. The first-order valence-corrected chi connectivity index (χ1v) is 8.56. The smallest absolute Gasteiger partial charge is 0.251 e. The van der Waals surface area contributed by atoms with Gasteiger partial charge < -0.3 is 15.5 Å². The van der Waals surface area contributed by atoms with E-state index in [9.17, 15) is 9.59 Å². The SMILES string of the molecule is CCN(CCCNC(=O)c1cccc(NC(C)=O)c1)c1ccccc1. The lowest BCUT2D eigenvalue weighted by Gasteiger charge is -2.23. The zero-order valence-corrected chi connectivity index (χ0v) is 14.8. The van der Waals surface area contributed by atoms with Gasteiger partial charge in [0.1, 0.15) is 0 Å². The van der Waals surface area contributed by atoms with Crippen molar-refractivity contribution in [1.82, 2.24) is 5.32 Å². The Morgan fingerprint density at radius 1 is 1.04 bits per heavy atom. The van der Waals surface area contributed by atoms with Crippen LogP contribution in [0.4, 0.5) is 11.4 Å². The van der Waals surface area contributed by atoms with E-state index in [1.807, 2.05) is 18.2 Å². The van der Waals surface area contributed by atoms with Crippen molar-refractivity contribution in [2.24, 2.45) is 0 Å². The standard InChI is InChI=1S/C20H25N3O2/c1-3-23(19-11-5-4-6-12-19)14-8-13-21-20(25)17-9-7-10-18(15-17)22-16(2)24/h4-7,9-12,15H,3,8,13-14H2,1-2H3,(H,21,25)(H,22,24). The summed E-state index contributed by atoms with van der Waals surface area (Å²) in [7, 11) is 0. The summed E-state index contributed by atoms with van der Waals surface area (Å²) >= 11 is 0. The number of carbonyl (C=O) groups is 2. The van der Waals surface area contributed by atoms with Gasteiger partial charge in [0.05, 0.1) is 0 Å². The Morgan fingerprint density at radius 3 is 2.48 bits per heavy atom. The van der Waals surface area contributed by atoms with Gasteiger partial charge in [0.15, 0.2) is 0 Å². The summed E-state index contributed by atoms with van der Waals surface area (Å²) in [5.74, 6) is -0.284. The second-order valence-electron chi connectivity index (χ2n) is 5.79. The molecule has 0 aliphatic carbocycles. The van der Waals surface area contributed by atoms with Gasteiger partial charge in [0.25, 0.3) is 5.91 Å². The second kappa shape index (κ2) is 9.47. The molecule has 2 amide bonds. The number of nitrogens with zero attached hydrogens (tertiary/aromatic N) is 1. The van der Waals surface area contributed by atoms with E-state index in [0.29, 0.717) is 17.8 Å². The number of benzene rings is 2. The van der Waals surface area contributed by atoms with E-state index in [1.54, 1.807) is 24.3 Å². The van der Waals surface area contributed by atoms with Crippen LogP contribution in [-0.2, 0) is 4.79 Å². The minimum atomic E-state index is -0.155. The van der Waals surface area contributed by atoms with E-state index < -0.39 is 0 Å². The summed E-state index contributed by atoms with van der Waals surface area (Å²) in [6.45, 7) is 5.98. The molecule has 2 N–H and O–H groups in total. The maximum atomic E-state index is 12.2. The van der Waals surface area contributed by atoms with Crippen LogP contribution >= 0.6 is 0 Å². The summed E-state index contributed by atoms with van der Waals surface area (Å²) in [4.78, 5) is 25.6. The average Bonchev–Trinajstić information content (AvgIpc) is 2.62. The van der Waals surface area contributed by atoms with E-state index in [0.717, 1.165) is 19.5 Å². The van der Waals surface area contributed by atoms with Crippen molar-refractivity contribution < 1.29 is 9.59 Å². The molecule has 0 unspecified atom stereocenters. The van der Waals surface area contributed by atoms with Crippen molar-refractivity contribution in [3.05, 3.63) is 60.2 Å². The number of amides is 2. The van der Waals surface area contributed by atoms with E-state index in [1.165, 1.54) is 12.6 Å². The van der Waals surface area contributed by atoms with Gasteiger partial charge in [-0.25, -0.2) is 0 Å². The van der Waals surface area contributed by atoms with Crippen molar-refractivity contribution in [3.8, 4) is 0 Å². The lowest BCUT2D eigenvalue weighted by Crippen LogP contribution is -2.30. The number of rotatable bonds is 8. The van der Waals surface area contributed by atoms with E-state index in [2.05, 4.69) is 34.6 Å². The highest BCUT2D eigenvalue weighted by Crippen LogP contribution is 2.13. The quantitative estimate of drug-likeness (QED) is 0.726. The zero-order chi connectivity index (χ0) is 18.1. The summed E-state index contributed by atoms with van der Waals surface area (Å²) < 4.78 is 0. The molecule has 0 bridgehead atoms. The molecule has 0 heterocycles. The van der Waals surface area contributed by atoms with Crippen LogP contribution in [0.1, 0.15) is 30.6 Å². The van der Waals surface area contributed by atoms with Crippen LogP contribution in [0.2, 0.25) is 0 Å². The van der Waals surface area contributed by atoms with Gasteiger partial charge in [-0.1, -0.05) is 24.3 Å². The monoisotopic (exact) mass is 339 g/mol. The molecule has 2 aromatic carbocycles. The fourth-order valence-corrected chi connectivity index (χ4v) is 2.62. The molecule has 0 aliphatic rings. The number of anilines is 2. The molecule has 0 radical (unpaired) electrons. The van der Waals surface area contributed by atoms with Crippen LogP contribution in [0.15, 0.2) is 54.6 Å². The van der Waals surface area contributed by atoms with Gasteiger partial charge >= 0.3 is 0 Å². The maximum Gasteiger partial charge on any atom is 0.251 e. The fraction of sp³-hybridized carbons (Fsp3) is 0.300. The van der Waals surface area contributed by atoms with Crippen molar-refractivity contribution in [3.63, 3.8) is 0 Å². The molecule has 0 spiro atoms. The minimum absolute atomic E-state index is 0.130. The number of hydrogen-bond acceptors (Lipinski definition) is 3. The third-order valence-electron chi connectivity index (χ3n) is 3.84. The largest absolute Gasteiger partial charge is 0.372 e. The average molecular weight is 339 g/mol. The fourth-order valence-electron chi connectivity index (χ4n) is 2.62. The first kappa shape index (κ1) is 18.5. The number of para-hydroxylation sites is 1. The Morgan fingerprint density at radius 2 is 1.80 bits per heavy atom. The van der Waals surface area contributed by atoms with Crippen molar-refractivity contribution >= 4 is 23.2 Å². The van der Waals surface area contributed by atoms with Crippen LogP contribution in [-0.4, -0.2) is 31.4 Å². The molecule has 0 fully saturated rings. The van der Waals surface area contributed by atoms with Gasteiger partial charge in [-0.05, 0) is 43.7 Å². The van der Waals surface area contributed by atoms with Crippen molar-refractivity contribution in [2.45, 2.75) is 20.3 Å². The molecule has 25 heavy (non-hydrogen) atoms. The molecular weight excluding hydrogens is 314 g/mol. The first-order chi connectivity index (χ1) is 12.1. The minimum Gasteiger partial charge on any atom is -0.372 e. The highest BCUT2D eigenvalue weighted by molar-refractivity contribution is 5.96. The Hall–Kier alpha value is -2.82. The molecule has 0 aliphatic heterocycles. The summed E-state index contributed by atoms with van der Waals surface area (Å²) in [6, 6.07) is 17.2. The van der Waals surface area contributed by atoms with Crippen LogP contribution in [0.25, 0.3) is 0 Å². The van der Waals surface area contributed by atoms with E-state index in [4.69, 9.17) is 0 Å². The predicted octanol–water partition coefficient (Wildman–Crippen LogP) is 3.29. The number of nitrogens with one attached hydrogen (secondary N) is 2. The van der Waals surface area contributed by atoms with E-state index in [-0.39, 0.29) is 11.8 Å². The van der Waals surface area contributed by atoms with Gasteiger partial charge in [-0.3, -0.25) is 9.59 Å². The third kappa shape index (κ3) is 5.95. The molecule has 0 saturated carbocycles. The Balaban J connectivity index is 1.81. The normalized spacial score (nSPS) is 10.2. The zero-order valence-electron chi connectivity index (χ0n) is 14.8. The second-order valence-corrected chi connectivity index (χ2v) is 5.79. The summed E-state index contributed by atoms with van der Waals surface area (Å²) in [6.07, 6.45) is 0.861. The van der Waals surface area contributed by atoms with Gasteiger partial charge in [0.2, 0.25) is 5.91 Å². The van der Waals surface area contributed by atoms with Gasteiger partial charge in [-0.2, -0.15) is 0 Å². The van der Waals surface area contributed by atoms with Crippen molar-refractivity contribution in [2.75, 3.05) is 29.9 Å². The van der Waals surface area contributed by atoms with Crippen LogP contribution in [0.5, 0.6) is 0 Å². The molecule has 0 aromatic heterocycles. The van der Waals surface area contributed by atoms with Gasteiger partial charge in [-0.15, -0.1) is 0 Å². The summed E-state index contributed by atoms with van der Waals surface area (Å²) in [5, 5.41) is 5.61. The molecule has 5 nitrogen and oxygen atoms in total. The molecule has 5 heteroatoms. The Bertz CT molecular complexity index is 701. The Kier molecular flexibility index (Phi) is 7.01. The first-order valence-electron chi connectivity index (χ1n) is 8.56. The topological polar surface area (TPSA) is 61.4 Å². The third-order valence-corrected chi connectivity index (χ3v) is 3.84. The molecule has 132 valence electrons. The van der Waals surface area contributed by atoms with Crippen LogP contribution in [0.3, 0.4) is 0 Å². The Labute approximate surface area is 149 Å². The van der Waals surface area contributed by atoms with Gasteiger partial charge in [0, 0.05) is 43.5 Å². The molecule has 0 atom stereocenters. The molecule has 2 rings (SSSR count). The highest BCUT2D eigenvalue weighted by atomic mass is 16.2. The number of hydrogen-bond donors (Lipinski definition) is 2. The lowest BCUT2D eigenvalue weighted by molar-refractivity contribution is -0.114. The van der Waals surface area contributed by atoms with Crippen LogP contribution in [0, 0.1) is 0 Å². The molecular formula is C20H25N3O2. The molecule has 0 saturated heterocycles. The molecule has 2 aromatic rings. The number of carbonyl (C=O) groups excluding carboxylic acids is 2. The van der Waals surface area contributed by atoms with Crippen molar-refractivity contribution in [1.29, 1.82) is 0 Å². The van der Waals surface area contributed by atoms with Crippen LogP contribution < -0.4 is 15.5 Å². The predicted molar refractivity (Wildman–Crippen MR) is 102 cm³/mol.